The van der Waals surface area contributed by atoms with E-state index in [4.69, 9.17) is 0 Å². The SMILES string of the molecule is Cc1nn(-c2ccc(OC(F)F)cc2)c(CC(C)C)c1C(=O)Nc1cccc(C(C)(F)F)c1. The van der Waals surface area contributed by atoms with E-state index in [-0.39, 0.29) is 22.9 Å². The molecule has 1 heterocycles. The molecular weight excluding hydrogens is 438 g/mol. The predicted octanol–water partition coefficient (Wildman–Crippen LogP) is 6.34. The van der Waals surface area contributed by atoms with Crippen molar-refractivity contribution in [1.29, 1.82) is 0 Å². The van der Waals surface area contributed by atoms with Crippen LogP contribution >= 0.6 is 0 Å². The van der Waals surface area contributed by atoms with Gasteiger partial charge in [0.25, 0.3) is 11.8 Å². The molecule has 0 radical (unpaired) electrons. The first kappa shape index (κ1) is 24.3. The van der Waals surface area contributed by atoms with Crippen molar-refractivity contribution < 1.29 is 27.1 Å². The van der Waals surface area contributed by atoms with E-state index in [2.05, 4.69) is 15.2 Å². The number of anilines is 1. The molecule has 176 valence electrons. The van der Waals surface area contributed by atoms with E-state index in [1.165, 1.54) is 36.4 Å². The van der Waals surface area contributed by atoms with Gasteiger partial charge in [0.15, 0.2) is 0 Å². The van der Waals surface area contributed by atoms with Gasteiger partial charge in [0.1, 0.15) is 5.75 Å². The number of aromatic nitrogens is 2. The minimum absolute atomic E-state index is 0.00797. The highest BCUT2D eigenvalue weighted by atomic mass is 19.3. The number of amides is 1. The first-order valence-corrected chi connectivity index (χ1v) is 10.4. The van der Waals surface area contributed by atoms with Crippen molar-refractivity contribution in [2.24, 2.45) is 5.92 Å². The molecule has 1 N–H and O–H groups in total. The molecule has 5 nitrogen and oxygen atoms in total. The Balaban J connectivity index is 1.97. The molecule has 1 amide bonds. The van der Waals surface area contributed by atoms with Gasteiger partial charge in [-0.25, -0.2) is 13.5 Å². The molecule has 0 bridgehead atoms. The molecule has 33 heavy (non-hydrogen) atoms. The summed E-state index contributed by atoms with van der Waals surface area (Å²) in [6.45, 7) is 3.52. The average Bonchev–Trinajstić information content (AvgIpc) is 3.03. The van der Waals surface area contributed by atoms with Crippen LogP contribution in [-0.2, 0) is 12.3 Å². The maximum absolute atomic E-state index is 13.7. The smallest absolute Gasteiger partial charge is 0.387 e. The minimum atomic E-state index is -3.04. The Bertz CT molecular complexity index is 1120. The average molecular weight is 463 g/mol. The van der Waals surface area contributed by atoms with E-state index in [1.807, 2.05) is 13.8 Å². The third-order valence-electron chi connectivity index (χ3n) is 4.92. The van der Waals surface area contributed by atoms with Crippen LogP contribution in [0.5, 0.6) is 5.75 Å². The quantitative estimate of drug-likeness (QED) is 0.397. The Hall–Kier alpha value is -3.36. The Labute approximate surface area is 189 Å². The number of nitrogens with one attached hydrogen (secondary N) is 1. The van der Waals surface area contributed by atoms with Crippen LogP contribution in [0.4, 0.5) is 23.2 Å². The molecular formula is C24H25F4N3O2. The fourth-order valence-corrected chi connectivity index (χ4v) is 3.49. The van der Waals surface area contributed by atoms with Crippen LogP contribution in [0.1, 0.15) is 48.1 Å². The van der Waals surface area contributed by atoms with Crippen molar-refractivity contribution in [2.45, 2.75) is 46.6 Å². The Morgan fingerprint density at radius 1 is 1.15 bits per heavy atom. The highest BCUT2D eigenvalue weighted by Gasteiger charge is 2.26. The largest absolute Gasteiger partial charge is 0.435 e. The van der Waals surface area contributed by atoms with Crippen molar-refractivity contribution in [3.63, 3.8) is 0 Å². The van der Waals surface area contributed by atoms with Crippen molar-refractivity contribution in [3.05, 3.63) is 71.0 Å². The zero-order valence-electron chi connectivity index (χ0n) is 18.7. The van der Waals surface area contributed by atoms with Gasteiger partial charge in [-0.05, 0) is 55.7 Å². The number of hydrogen-bond donors (Lipinski definition) is 1. The lowest BCUT2D eigenvalue weighted by atomic mass is 10.0. The van der Waals surface area contributed by atoms with Crippen molar-refractivity contribution >= 4 is 11.6 Å². The van der Waals surface area contributed by atoms with Crippen LogP contribution in [0.15, 0.2) is 48.5 Å². The first-order valence-electron chi connectivity index (χ1n) is 10.4. The van der Waals surface area contributed by atoms with E-state index in [0.29, 0.717) is 29.1 Å². The Morgan fingerprint density at radius 2 is 1.82 bits per heavy atom. The molecule has 1 aromatic heterocycles. The number of halogens is 4. The summed E-state index contributed by atoms with van der Waals surface area (Å²) >= 11 is 0. The van der Waals surface area contributed by atoms with Gasteiger partial charge in [0, 0.05) is 18.2 Å². The van der Waals surface area contributed by atoms with Gasteiger partial charge < -0.3 is 10.1 Å². The summed E-state index contributed by atoms with van der Waals surface area (Å²) in [4.78, 5) is 13.2. The van der Waals surface area contributed by atoms with E-state index in [9.17, 15) is 22.4 Å². The number of nitrogens with zero attached hydrogens (tertiary/aromatic N) is 2. The van der Waals surface area contributed by atoms with E-state index < -0.39 is 18.4 Å². The van der Waals surface area contributed by atoms with Gasteiger partial charge >= 0.3 is 6.61 Å². The van der Waals surface area contributed by atoms with Crippen LogP contribution in [0.25, 0.3) is 5.69 Å². The van der Waals surface area contributed by atoms with Crippen molar-refractivity contribution in [3.8, 4) is 11.4 Å². The second-order valence-corrected chi connectivity index (χ2v) is 8.21. The Kier molecular flexibility index (Phi) is 7.09. The van der Waals surface area contributed by atoms with Crippen LogP contribution in [0.3, 0.4) is 0 Å². The number of ether oxygens (including phenoxy) is 1. The lowest BCUT2D eigenvalue weighted by Gasteiger charge is -2.14. The van der Waals surface area contributed by atoms with Gasteiger partial charge in [0.05, 0.1) is 22.6 Å². The Morgan fingerprint density at radius 3 is 2.39 bits per heavy atom. The molecule has 0 saturated carbocycles. The molecule has 0 atom stereocenters. The number of benzene rings is 2. The van der Waals surface area contributed by atoms with E-state index >= 15 is 0 Å². The summed E-state index contributed by atoms with van der Waals surface area (Å²) in [6.07, 6.45) is 0.506. The van der Waals surface area contributed by atoms with E-state index in [0.717, 1.165) is 6.92 Å². The highest BCUT2D eigenvalue weighted by molar-refractivity contribution is 6.06. The fraction of sp³-hybridized carbons (Fsp3) is 0.333. The van der Waals surface area contributed by atoms with Gasteiger partial charge in [0.2, 0.25) is 0 Å². The molecule has 0 unspecified atom stereocenters. The lowest BCUT2D eigenvalue weighted by molar-refractivity contribution is -0.0498. The van der Waals surface area contributed by atoms with E-state index in [1.54, 1.807) is 23.7 Å². The molecule has 0 aliphatic rings. The highest BCUT2D eigenvalue weighted by Crippen LogP contribution is 2.29. The predicted molar refractivity (Wildman–Crippen MR) is 117 cm³/mol. The van der Waals surface area contributed by atoms with Crippen LogP contribution in [0, 0.1) is 12.8 Å². The summed E-state index contributed by atoms with van der Waals surface area (Å²) in [5, 5.41) is 7.18. The maximum Gasteiger partial charge on any atom is 0.387 e. The van der Waals surface area contributed by atoms with Gasteiger partial charge in [-0.1, -0.05) is 26.0 Å². The number of aryl methyl sites for hydroxylation is 1. The minimum Gasteiger partial charge on any atom is -0.435 e. The molecule has 0 aliphatic carbocycles. The number of hydrogen-bond acceptors (Lipinski definition) is 3. The number of carbonyl (C=O) groups excluding carboxylic acids is 1. The maximum atomic E-state index is 13.7. The molecule has 0 aliphatic heterocycles. The number of rotatable bonds is 8. The summed E-state index contributed by atoms with van der Waals surface area (Å²) < 4.78 is 58.2. The standard InChI is InChI=1S/C24H25F4N3O2/c1-14(2)12-20-21(22(32)29-17-7-5-6-16(13-17)24(4,27)28)15(3)30-31(20)18-8-10-19(11-9-18)33-23(25)26/h5-11,13-14,23H,12H2,1-4H3,(H,29,32). The molecule has 0 fully saturated rings. The fourth-order valence-electron chi connectivity index (χ4n) is 3.49. The number of alkyl halides is 4. The van der Waals surface area contributed by atoms with Gasteiger partial charge in [-0.15, -0.1) is 0 Å². The second-order valence-electron chi connectivity index (χ2n) is 8.21. The zero-order chi connectivity index (χ0) is 24.3. The molecule has 9 heteroatoms. The van der Waals surface area contributed by atoms with Crippen LogP contribution in [0.2, 0.25) is 0 Å². The third kappa shape index (κ3) is 5.91. The van der Waals surface area contributed by atoms with Gasteiger partial charge in [-0.3, -0.25) is 4.79 Å². The topological polar surface area (TPSA) is 56.2 Å². The summed E-state index contributed by atoms with van der Waals surface area (Å²) in [7, 11) is 0. The summed E-state index contributed by atoms with van der Waals surface area (Å²) in [6, 6.07) is 11.5. The van der Waals surface area contributed by atoms with Crippen molar-refractivity contribution in [2.75, 3.05) is 5.32 Å². The molecule has 3 aromatic rings. The molecule has 2 aromatic carbocycles. The van der Waals surface area contributed by atoms with Crippen molar-refractivity contribution in [1.82, 2.24) is 9.78 Å². The third-order valence-corrected chi connectivity index (χ3v) is 4.92. The normalized spacial score (nSPS) is 11.8. The number of carbonyl (C=O) groups is 1. The monoisotopic (exact) mass is 463 g/mol. The second kappa shape index (κ2) is 9.64. The first-order chi connectivity index (χ1) is 15.5. The molecule has 0 spiro atoms. The molecule has 0 saturated heterocycles. The van der Waals surface area contributed by atoms with Gasteiger partial charge in [-0.2, -0.15) is 13.9 Å². The van der Waals surface area contributed by atoms with Crippen LogP contribution < -0.4 is 10.1 Å². The zero-order valence-corrected chi connectivity index (χ0v) is 18.7. The lowest BCUT2D eigenvalue weighted by Crippen LogP contribution is -2.17. The van der Waals surface area contributed by atoms with Crippen LogP contribution in [-0.4, -0.2) is 22.3 Å². The molecule has 3 rings (SSSR count). The summed E-state index contributed by atoms with van der Waals surface area (Å²) in [5.74, 6) is -3.32. The summed E-state index contributed by atoms with van der Waals surface area (Å²) in [5.41, 5.74) is 2.02.